The molecule has 1 aromatic heterocycles. The number of alkyl halides is 6. The van der Waals surface area contributed by atoms with Crippen molar-refractivity contribution in [2.24, 2.45) is 0 Å². The summed E-state index contributed by atoms with van der Waals surface area (Å²) in [4.78, 5) is 24.9. The summed E-state index contributed by atoms with van der Waals surface area (Å²) in [6, 6.07) is 6.74. The number of ether oxygens (including phenoxy) is 2. The summed E-state index contributed by atoms with van der Waals surface area (Å²) < 4.78 is 75.3. The fourth-order valence-electron chi connectivity index (χ4n) is 3.48. The minimum atomic E-state index is -5.08. The molecule has 1 aromatic rings. The fourth-order valence-corrected chi connectivity index (χ4v) is 3.48. The standard InChI is InChI=1S/C16H24N2O2.2C2HF3O2/c1-3-19-15-8-7-14-16(15)20-10-9-18(14)11-13-6-4-5-12(2)17-13;2*3-2(4,5)1(6)7/h4-6,14-16H,3,7-11H2,1-2H3;2*(H,6,7)/t14-,15+,16+;;/m0../s1. The Morgan fingerprint density at radius 1 is 1.12 bits per heavy atom. The molecule has 14 heteroatoms. The Bertz CT molecular complexity index is 780. The van der Waals surface area contributed by atoms with Crippen LogP contribution >= 0.6 is 0 Å². The summed E-state index contributed by atoms with van der Waals surface area (Å²) in [5.74, 6) is -5.51. The number of carboxylic acids is 2. The molecule has 1 saturated heterocycles. The summed E-state index contributed by atoms with van der Waals surface area (Å²) in [6.07, 6.45) is -7.37. The third kappa shape index (κ3) is 9.81. The van der Waals surface area contributed by atoms with Gasteiger partial charge in [0.25, 0.3) is 0 Å². The van der Waals surface area contributed by atoms with Gasteiger partial charge in [-0.15, -0.1) is 0 Å². The molecule has 194 valence electrons. The lowest BCUT2D eigenvalue weighted by molar-refractivity contribution is -0.193. The number of hydrogen-bond donors (Lipinski definition) is 2. The van der Waals surface area contributed by atoms with Gasteiger partial charge in [-0.05, 0) is 38.8 Å². The molecule has 0 spiro atoms. The van der Waals surface area contributed by atoms with Crippen molar-refractivity contribution in [3.63, 3.8) is 0 Å². The van der Waals surface area contributed by atoms with Crippen LogP contribution < -0.4 is 0 Å². The normalized spacial score (nSPS) is 22.5. The van der Waals surface area contributed by atoms with E-state index >= 15 is 0 Å². The Morgan fingerprint density at radius 3 is 2.15 bits per heavy atom. The van der Waals surface area contributed by atoms with Crippen LogP contribution in [0.4, 0.5) is 26.3 Å². The highest BCUT2D eigenvalue weighted by atomic mass is 19.4. The van der Waals surface area contributed by atoms with Crippen molar-refractivity contribution in [2.45, 2.75) is 63.8 Å². The molecule has 1 saturated carbocycles. The third-order valence-corrected chi connectivity index (χ3v) is 4.83. The molecule has 8 nitrogen and oxygen atoms in total. The van der Waals surface area contributed by atoms with Crippen LogP contribution in [0.3, 0.4) is 0 Å². The predicted molar refractivity (Wildman–Crippen MR) is 105 cm³/mol. The number of aromatic nitrogens is 1. The Hall–Kier alpha value is -2.45. The number of carboxylic acid groups (broad SMARTS) is 2. The van der Waals surface area contributed by atoms with Crippen molar-refractivity contribution in [1.29, 1.82) is 0 Å². The smallest absolute Gasteiger partial charge is 0.475 e. The number of fused-ring (bicyclic) bond motifs is 1. The Balaban J connectivity index is 0.000000343. The molecular formula is C20H26F6N2O6. The second-order valence-corrected chi connectivity index (χ2v) is 7.32. The first-order valence-corrected chi connectivity index (χ1v) is 10.2. The van der Waals surface area contributed by atoms with Gasteiger partial charge >= 0.3 is 24.3 Å². The highest BCUT2D eigenvalue weighted by Gasteiger charge is 2.43. The molecule has 0 aromatic carbocycles. The molecule has 2 aliphatic rings. The Morgan fingerprint density at radius 2 is 1.68 bits per heavy atom. The number of halogens is 6. The average molecular weight is 504 g/mol. The van der Waals surface area contributed by atoms with Crippen LogP contribution in [0.15, 0.2) is 18.2 Å². The Labute approximate surface area is 191 Å². The first-order chi connectivity index (χ1) is 15.7. The highest BCUT2D eigenvalue weighted by Crippen LogP contribution is 2.32. The fraction of sp³-hybridized carbons (Fsp3) is 0.650. The summed E-state index contributed by atoms with van der Waals surface area (Å²) in [5.41, 5.74) is 2.25. The monoisotopic (exact) mass is 504 g/mol. The van der Waals surface area contributed by atoms with Crippen molar-refractivity contribution in [3.8, 4) is 0 Å². The van der Waals surface area contributed by atoms with Crippen LogP contribution in [0.1, 0.15) is 31.2 Å². The molecule has 2 fully saturated rings. The number of hydrogen-bond acceptors (Lipinski definition) is 6. The lowest BCUT2D eigenvalue weighted by atomic mass is 10.1. The lowest BCUT2D eigenvalue weighted by Gasteiger charge is -2.38. The number of pyridine rings is 1. The molecule has 0 unspecified atom stereocenters. The molecule has 2 heterocycles. The largest absolute Gasteiger partial charge is 0.490 e. The van der Waals surface area contributed by atoms with Gasteiger partial charge in [0.2, 0.25) is 0 Å². The maximum atomic E-state index is 10.6. The van der Waals surface area contributed by atoms with E-state index in [-0.39, 0.29) is 12.2 Å². The highest BCUT2D eigenvalue weighted by molar-refractivity contribution is 5.73. The van der Waals surface area contributed by atoms with Crippen LogP contribution in [0.2, 0.25) is 0 Å². The van der Waals surface area contributed by atoms with E-state index in [0.29, 0.717) is 6.04 Å². The van der Waals surface area contributed by atoms with Crippen molar-refractivity contribution in [2.75, 3.05) is 19.8 Å². The molecule has 0 radical (unpaired) electrons. The Kier molecular flexibility index (Phi) is 11.2. The van der Waals surface area contributed by atoms with Gasteiger partial charge in [0, 0.05) is 31.4 Å². The topological polar surface area (TPSA) is 109 Å². The summed E-state index contributed by atoms with van der Waals surface area (Å²) in [7, 11) is 0. The third-order valence-electron chi connectivity index (χ3n) is 4.83. The molecule has 34 heavy (non-hydrogen) atoms. The van der Waals surface area contributed by atoms with Gasteiger partial charge in [-0.2, -0.15) is 26.3 Å². The van der Waals surface area contributed by atoms with Gasteiger partial charge in [-0.1, -0.05) is 6.07 Å². The van der Waals surface area contributed by atoms with Crippen LogP contribution in [-0.2, 0) is 25.6 Å². The van der Waals surface area contributed by atoms with Crippen LogP contribution in [-0.4, -0.2) is 82.4 Å². The van der Waals surface area contributed by atoms with E-state index < -0.39 is 24.3 Å². The second kappa shape index (κ2) is 12.9. The summed E-state index contributed by atoms with van der Waals surface area (Å²) >= 11 is 0. The van der Waals surface area contributed by atoms with Crippen molar-refractivity contribution >= 4 is 11.9 Å². The molecule has 3 atom stereocenters. The van der Waals surface area contributed by atoms with Crippen molar-refractivity contribution in [1.82, 2.24) is 9.88 Å². The maximum Gasteiger partial charge on any atom is 0.490 e. The van der Waals surface area contributed by atoms with Gasteiger partial charge in [0.1, 0.15) is 0 Å². The SMILES string of the molecule is CCO[C@@H]1CC[C@H]2[C@H]1OCCN2Cc1cccc(C)n1.O=C(O)C(F)(F)F.O=C(O)C(F)(F)F. The number of morpholine rings is 1. The van der Waals surface area contributed by atoms with E-state index in [1.807, 2.05) is 13.0 Å². The average Bonchev–Trinajstić information content (AvgIpc) is 3.12. The number of carbonyl (C=O) groups is 2. The lowest BCUT2D eigenvalue weighted by Crippen LogP contribution is -2.51. The van der Waals surface area contributed by atoms with E-state index in [4.69, 9.17) is 29.3 Å². The van der Waals surface area contributed by atoms with Crippen LogP contribution in [0.25, 0.3) is 0 Å². The van der Waals surface area contributed by atoms with Gasteiger partial charge in [-0.25, -0.2) is 9.59 Å². The zero-order chi connectivity index (χ0) is 26.1. The number of aliphatic carboxylic acids is 2. The molecule has 1 aliphatic heterocycles. The van der Waals surface area contributed by atoms with Gasteiger partial charge < -0.3 is 19.7 Å². The second-order valence-electron chi connectivity index (χ2n) is 7.32. The van der Waals surface area contributed by atoms with Gasteiger partial charge in [0.15, 0.2) is 0 Å². The van der Waals surface area contributed by atoms with E-state index in [0.717, 1.165) is 44.1 Å². The zero-order valence-electron chi connectivity index (χ0n) is 18.4. The van der Waals surface area contributed by atoms with Gasteiger partial charge in [0.05, 0.1) is 24.5 Å². The molecule has 0 amide bonds. The first kappa shape index (κ1) is 29.6. The minimum Gasteiger partial charge on any atom is -0.475 e. The molecule has 3 rings (SSSR count). The summed E-state index contributed by atoms with van der Waals surface area (Å²) in [6.45, 7) is 7.60. The quantitative estimate of drug-likeness (QED) is 0.601. The maximum absolute atomic E-state index is 10.6. The number of nitrogens with zero attached hydrogens (tertiary/aromatic N) is 2. The first-order valence-electron chi connectivity index (χ1n) is 10.2. The van der Waals surface area contributed by atoms with Gasteiger partial charge in [-0.3, -0.25) is 9.88 Å². The van der Waals surface area contributed by atoms with E-state index in [2.05, 4.69) is 28.9 Å². The number of aryl methyl sites for hydroxylation is 1. The molecule has 1 aliphatic carbocycles. The minimum absolute atomic E-state index is 0.244. The van der Waals surface area contributed by atoms with Crippen LogP contribution in [0, 0.1) is 6.92 Å². The van der Waals surface area contributed by atoms with E-state index in [1.54, 1.807) is 0 Å². The van der Waals surface area contributed by atoms with E-state index in [9.17, 15) is 26.3 Å². The van der Waals surface area contributed by atoms with E-state index in [1.165, 1.54) is 6.42 Å². The summed E-state index contributed by atoms with van der Waals surface area (Å²) in [5, 5.41) is 14.2. The molecule has 0 bridgehead atoms. The van der Waals surface area contributed by atoms with Crippen LogP contribution in [0.5, 0.6) is 0 Å². The van der Waals surface area contributed by atoms with Crippen molar-refractivity contribution in [3.05, 3.63) is 29.6 Å². The van der Waals surface area contributed by atoms with Crippen molar-refractivity contribution < 1.29 is 55.6 Å². The zero-order valence-corrected chi connectivity index (χ0v) is 18.4. The predicted octanol–water partition coefficient (Wildman–Crippen LogP) is 3.42. The molecular weight excluding hydrogens is 478 g/mol. The number of rotatable bonds is 4. The molecule has 2 N–H and O–H groups in total.